The molecule has 0 radical (unpaired) electrons. The molecule has 2 heterocycles. The van der Waals surface area contributed by atoms with Crippen LogP contribution in [-0.2, 0) is 36.6 Å². The van der Waals surface area contributed by atoms with Crippen LogP contribution in [0.4, 0.5) is 0 Å². The molecule has 6 rings (SSSR count). The predicted octanol–water partition coefficient (Wildman–Crippen LogP) is 9.69. The Morgan fingerprint density at radius 2 is 1.43 bits per heavy atom. The van der Waals surface area contributed by atoms with Crippen molar-refractivity contribution < 1.29 is 28.5 Å². The number of carbonyl (C=O) groups is 2. The number of carbonyl (C=O) groups excluding carboxylic acids is 2. The van der Waals surface area contributed by atoms with Gasteiger partial charge in [0, 0.05) is 45.2 Å². The molecule has 0 unspecified atom stereocenters. The van der Waals surface area contributed by atoms with E-state index in [1.807, 2.05) is 76.2 Å². The quantitative estimate of drug-likeness (QED) is 0.149. The summed E-state index contributed by atoms with van der Waals surface area (Å²) in [4.78, 5) is 23.5. The molecule has 3 aliphatic rings. The van der Waals surface area contributed by atoms with Gasteiger partial charge >= 0.3 is 0 Å². The third-order valence-corrected chi connectivity index (χ3v) is 9.86. The molecule has 2 fully saturated rings. The van der Waals surface area contributed by atoms with E-state index >= 15 is 0 Å². The van der Waals surface area contributed by atoms with E-state index < -0.39 is 11.6 Å². The second kappa shape index (κ2) is 15.5. The number of ketones is 2. The average Bonchev–Trinajstić information content (AvgIpc) is 3.38. The van der Waals surface area contributed by atoms with Crippen molar-refractivity contribution in [3.63, 3.8) is 0 Å². The first-order valence-electron chi connectivity index (χ1n) is 16.3. The summed E-state index contributed by atoms with van der Waals surface area (Å²) in [5.41, 5.74) is 3.80. The lowest BCUT2D eigenvalue weighted by Gasteiger charge is -2.42. The van der Waals surface area contributed by atoms with Crippen LogP contribution in [0.25, 0.3) is 16.8 Å². The van der Waals surface area contributed by atoms with Crippen LogP contribution in [0.3, 0.4) is 0 Å². The maximum Gasteiger partial charge on any atom is 0.202 e. The maximum atomic E-state index is 12.4. The number of fused-ring (bicyclic) bond motifs is 2. The zero-order valence-corrected chi connectivity index (χ0v) is 30.1. The number of benzene rings is 3. The minimum atomic E-state index is -0.579. The van der Waals surface area contributed by atoms with E-state index in [0.717, 1.165) is 51.7 Å². The van der Waals surface area contributed by atoms with Gasteiger partial charge in [0.1, 0.15) is 0 Å². The summed E-state index contributed by atoms with van der Waals surface area (Å²) in [6.45, 7) is 13.2. The molecule has 8 heteroatoms. The standard InChI is InChI=1S/C20H21ClO3.C20H23ClO3.CH4/c1-12(22)18-14-5-4-6-17(21)15(14)7-13-8-20(9-16(13)18)10-23-19(2,3)24-11-20;1-16(22)8-6-12-20(14-23-19(2,3)24-15-20)13-7-10-17-9-4-5-11-18(17)21;/h4-7H,8-11H2,1-3H3;4-5,7,9-11H,12-15H2,1-3H3;1H4/b;10-7+;. The van der Waals surface area contributed by atoms with Crippen molar-refractivity contribution >= 4 is 51.6 Å². The Hall–Kier alpha value is -3.02. The van der Waals surface area contributed by atoms with Crippen LogP contribution in [0.2, 0.25) is 10.0 Å². The summed E-state index contributed by atoms with van der Waals surface area (Å²) in [7, 11) is 0. The van der Waals surface area contributed by atoms with Crippen LogP contribution in [0.15, 0.2) is 54.6 Å². The van der Waals surface area contributed by atoms with Crippen molar-refractivity contribution in [2.24, 2.45) is 10.8 Å². The van der Waals surface area contributed by atoms with Crippen LogP contribution < -0.4 is 0 Å². The van der Waals surface area contributed by atoms with Gasteiger partial charge in [-0.05, 0) is 100 Å². The zero-order chi connectivity index (χ0) is 34.7. The molecule has 1 spiro atoms. The van der Waals surface area contributed by atoms with Crippen molar-refractivity contribution in [2.45, 2.75) is 86.2 Å². The summed E-state index contributed by atoms with van der Waals surface area (Å²) in [5.74, 6) is 4.43. The number of allylic oxidation sites excluding steroid dienone is 1. The van der Waals surface area contributed by atoms with Crippen molar-refractivity contribution in [2.75, 3.05) is 26.4 Å². The fourth-order valence-corrected chi connectivity index (χ4v) is 6.89. The molecule has 3 aromatic carbocycles. The molecule has 0 atom stereocenters. The summed E-state index contributed by atoms with van der Waals surface area (Å²) >= 11 is 12.6. The maximum absolute atomic E-state index is 12.4. The molecule has 2 aliphatic heterocycles. The molecular weight excluding hydrogens is 659 g/mol. The molecule has 0 saturated carbocycles. The fraction of sp³-hybridized carbons (Fsp3) is 0.463. The highest BCUT2D eigenvalue weighted by molar-refractivity contribution is 6.36. The van der Waals surface area contributed by atoms with E-state index in [9.17, 15) is 9.59 Å². The predicted molar refractivity (Wildman–Crippen MR) is 198 cm³/mol. The fourth-order valence-electron chi connectivity index (χ4n) is 6.46. The monoisotopic (exact) mass is 706 g/mol. The lowest BCUT2D eigenvalue weighted by atomic mass is 9.81. The van der Waals surface area contributed by atoms with Crippen molar-refractivity contribution in [1.29, 1.82) is 0 Å². The summed E-state index contributed by atoms with van der Waals surface area (Å²) < 4.78 is 23.5. The summed E-state index contributed by atoms with van der Waals surface area (Å²) in [6, 6.07) is 15.6. The minimum absolute atomic E-state index is 0. The van der Waals surface area contributed by atoms with E-state index in [4.69, 9.17) is 42.1 Å². The third kappa shape index (κ3) is 9.41. The van der Waals surface area contributed by atoms with Gasteiger partial charge in [-0.2, -0.15) is 0 Å². The van der Waals surface area contributed by atoms with Gasteiger partial charge in [0.05, 0.1) is 26.4 Å². The van der Waals surface area contributed by atoms with Gasteiger partial charge in [0.2, 0.25) is 5.78 Å². The molecule has 0 aromatic heterocycles. The van der Waals surface area contributed by atoms with E-state index in [1.54, 1.807) is 6.92 Å². The van der Waals surface area contributed by atoms with E-state index in [-0.39, 0.29) is 29.8 Å². The number of Topliss-reactive ketones (excluding diaryl/α,β-unsaturated/α-hetero) is 2. The van der Waals surface area contributed by atoms with Crippen LogP contribution in [0, 0.1) is 22.7 Å². The molecule has 6 nitrogen and oxygen atoms in total. The smallest absolute Gasteiger partial charge is 0.202 e. The van der Waals surface area contributed by atoms with Crippen LogP contribution in [0.1, 0.15) is 88.9 Å². The van der Waals surface area contributed by atoms with Crippen LogP contribution in [-0.4, -0.2) is 49.6 Å². The second-order valence-corrected chi connectivity index (χ2v) is 15.1. The zero-order valence-electron chi connectivity index (χ0n) is 28.6. The SMILES string of the molecule is C.CC(=O)C#CCC1(C/C=C/c2ccccc2Cl)COC(C)(C)OC1.CC(=O)c1c2c(cc3c(Cl)cccc13)CC1(COC(C)(C)OC1)C2. The highest BCUT2D eigenvalue weighted by Gasteiger charge is 2.45. The summed E-state index contributed by atoms with van der Waals surface area (Å²) in [6.07, 6.45) is 7.04. The molecule has 2 saturated heterocycles. The first kappa shape index (κ1) is 38.8. The third-order valence-electron chi connectivity index (χ3n) is 9.18. The number of hydrogen-bond donors (Lipinski definition) is 0. The number of ether oxygens (including phenoxy) is 4. The van der Waals surface area contributed by atoms with Gasteiger partial charge in [-0.15, -0.1) is 0 Å². The van der Waals surface area contributed by atoms with Gasteiger partial charge in [-0.1, -0.05) is 79.0 Å². The Balaban J connectivity index is 0.000000216. The van der Waals surface area contributed by atoms with Gasteiger partial charge in [0.15, 0.2) is 17.4 Å². The Morgan fingerprint density at radius 3 is 2.04 bits per heavy atom. The molecular formula is C41H48Cl2O6. The van der Waals surface area contributed by atoms with Gasteiger partial charge < -0.3 is 18.9 Å². The second-order valence-electron chi connectivity index (χ2n) is 14.3. The van der Waals surface area contributed by atoms with Gasteiger partial charge in [-0.25, -0.2) is 0 Å². The molecule has 1 aliphatic carbocycles. The first-order chi connectivity index (χ1) is 22.6. The van der Waals surface area contributed by atoms with Crippen molar-refractivity contribution in [3.8, 4) is 11.8 Å². The lowest BCUT2D eigenvalue weighted by molar-refractivity contribution is -0.284. The first-order valence-corrected chi connectivity index (χ1v) is 17.1. The normalized spacial score (nSPS) is 19.6. The molecule has 0 amide bonds. The topological polar surface area (TPSA) is 71.1 Å². The van der Waals surface area contributed by atoms with E-state index in [0.29, 0.717) is 37.9 Å². The molecule has 262 valence electrons. The van der Waals surface area contributed by atoms with E-state index in [1.165, 1.54) is 12.5 Å². The molecule has 49 heavy (non-hydrogen) atoms. The Labute approximate surface area is 301 Å². The minimum Gasteiger partial charge on any atom is -0.350 e. The number of rotatable bonds is 5. The van der Waals surface area contributed by atoms with Gasteiger partial charge in [-0.3, -0.25) is 9.59 Å². The van der Waals surface area contributed by atoms with Crippen LogP contribution >= 0.6 is 23.2 Å². The largest absolute Gasteiger partial charge is 0.350 e. The molecule has 0 N–H and O–H groups in total. The summed E-state index contributed by atoms with van der Waals surface area (Å²) in [5, 5.41) is 3.31. The van der Waals surface area contributed by atoms with E-state index in [2.05, 4.69) is 24.0 Å². The average molecular weight is 708 g/mol. The van der Waals surface area contributed by atoms with Gasteiger partial charge in [0.25, 0.3) is 0 Å². The molecule has 3 aromatic rings. The van der Waals surface area contributed by atoms with Crippen molar-refractivity contribution in [1.82, 2.24) is 0 Å². The highest BCUT2D eigenvalue weighted by atomic mass is 35.5. The Morgan fingerprint density at radius 1 is 0.816 bits per heavy atom. The van der Waals surface area contributed by atoms with Crippen LogP contribution in [0.5, 0.6) is 0 Å². The molecule has 0 bridgehead atoms. The lowest BCUT2D eigenvalue weighted by Crippen LogP contribution is -2.47. The Kier molecular flexibility index (Phi) is 12.2. The number of hydrogen-bond acceptors (Lipinski definition) is 6. The van der Waals surface area contributed by atoms with Crippen molar-refractivity contribution in [3.05, 3.63) is 86.9 Å². The number of halogens is 2. The highest BCUT2D eigenvalue weighted by Crippen LogP contribution is 2.46. The Bertz CT molecular complexity index is 1770.